The van der Waals surface area contributed by atoms with Crippen molar-refractivity contribution in [3.63, 3.8) is 0 Å². The van der Waals surface area contributed by atoms with Crippen LogP contribution in [0, 0.1) is 11.8 Å². The number of aryl methyl sites for hydroxylation is 2. The van der Waals surface area contributed by atoms with Crippen molar-refractivity contribution in [1.29, 1.82) is 0 Å². The van der Waals surface area contributed by atoms with Crippen molar-refractivity contribution in [2.75, 3.05) is 0 Å². The number of aromatic nitrogens is 2. The largest absolute Gasteiger partial charge is 0.241 e. The molecule has 1 atom stereocenters. The van der Waals surface area contributed by atoms with Gasteiger partial charge in [-0.2, -0.15) is 0 Å². The van der Waals surface area contributed by atoms with Crippen LogP contribution in [0.5, 0.6) is 0 Å². The van der Waals surface area contributed by atoms with Crippen LogP contribution in [-0.4, -0.2) is 9.97 Å². The molecular formula is C20H36N2. The van der Waals surface area contributed by atoms with Gasteiger partial charge in [-0.1, -0.05) is 72.6 Å². The van der Waals surface area contributed by atoms with Crippen molar-refractivity contribution < 1.29 is 0 Å². The molecule has 2 nitrogen and oxygen atoms in total. The Labute approximate surface area is 138 Å². The highest BCUT2D eigenvalue weighted by molar-refractivity contribution is 5.02. The lowest BCUT2D eigenvalue weighted by molar-refractivity contribution is 0.252. The predicted molar refractivity (Wildman–Crippen MR) is 96.1 cm³/mol. The first-order chi connectivity index (χ1) is 10.7. The summed E-state index contributed by atoms with van der Waals surface area (Å²) in [5.74, 6) is 2.80. The zero-order chi connectivity index (χ0) is 16.2. The molecule has 0 fully saturated rings. The van der Waals surface area contributed by atoms with Crippen LogP contribution in [0.2, 0.25) is 0 Å². The molecular weight excluding hydrogens is 268 g/mol. The normalized spacial score (nSPS) is 12.8. The minimum absolute atomic E-state index is 0.855. The summed E-state index contributed by atoms with van der Waals surface area (Å²) >= 11 is 0. The van der Waals surface area contributed by atoms with Crippen molar-refractivity contribution in [3.8, 4) is 0 Å². The lowest BCUT2D eigenvalue weighted by atomic mass is 9.79. The molecule has 0 bridgehead atoms. The highest BCUT2D eigenvalue weighted by Crippen LogP contribution is 2.30. The zero-order valence-corrected chi connectivity index (χ0v) is 15.3. The van der Waals surface area contributed by atoms with Gasteiger partial charge in [0.25, 0.3) is 0 Å². The van der Waals surface area contributed by atoms with E-state index in [4.69, 9.17) is 0 Å². The first kappa shape index (κ1) is 19.1. The van der Waals surface area contributed by atoms with Gasteiger partial charge in [-0.05, 0) is 30.7 Å². The third-order valence-electron chi connectivity index (χ3n) is 4.78. The fourth-order valence-electron chi connectivity index (χ4n) is 3.51. The van der Waals surface area contributed by atoms with Crippen LogP contribution >= 0.6 is 0 Å². The van der Waals surface area contributed by atoms with Crippen LogP contribution in [0.15, 0.2) is 12.3 Å². The highest BCUT2D eigenvalue weighted by atomic mass is 14.9. The molecule has 0 spiro atoms. The van der Waals surface area contributed by atoms with Gasteiger partial charge in [-0.3, -0.25) is 0 Å². The van der Waals surface area contributed by atoms with E-state index in [-0.39, 0.29) is 0 Å². The van der Waals surface area contributed by atoms with Gasteiger partial charge in [-0.15, -0.1) is 0 Å². The minimum Gasteiger partial charge on any atom is -0.241 e. The average Bonchev–Trinajstić information content (AvgIpc) is 2.55. The molecule has 126 valence electrons. The quantitative estimate of drug-likeness (QED) is 0.473. The third-order valence-corrected chi connectivity index (χ3v) is 4.78. The first-order valence-electron chi connectivity index (χ1n) is 9.55. The number of hydrogen-bond donors (Lipinski definition) is 0. The molecule has 0 saturated heterocycles. The molecule has 1 heterocycles. The SMILES string of the molecule is CCCCC(CCc1nccc(CC)n1)C(CCC)CCC. The van der Waals surface area contributed by atoms with Crippen molar-refractivity contribution in [3.05, 3.63) is 23.8 Å². The molecule has 2 heteroatoms. The molecule has 1 unspecified atom stereocenters. The maximum Gasteiger partial charge on any atom is 0.128 e. The average molecular weight is 305 g/mol. The summed E-state index contributed by atoms with van der Waals surface area (Å²) in [6, 6.07) is 2.04. The summed E-state index contributed by atoms with van der Waals surface area (Å²) in [5.41, 5.74) is 1.17. The molecule has 0 aromatic carbocycles. The molecule has 0 aliphatic rings. The van der Waals surface area contributed by atoms with Crippen molar-refractivity contribution in [2.45, 2.75) is 91.9 Å². The maximum absolute atomic E-state index is 4.68. The van der Waals surface area contributed by atoms with Crippen molar-refractivity contribution >= 4 is 0 Å². The second-order valence-electron chi connectivity index (χ2n) is 6.60. The van der Waals surface area contributed by atoms with Crippen molar-refractivity contribution in [1.82, 2.24) is 9.97 Å². The smallest absolute Gasteiger partial charge is 0.128 e. The second-order valence-corrected chi connectivity index (χ2v) is 6.60. The molecule has 0 saturated carbocycles. The van der Waals surface area contributed by atoms with Gasteiger partial charge >= 0.3 is 0 Å². The maximum atomic E-state index is 4.68. The van der Waals surface area contributed by atoms with E-state index in [9.17, 15) is 0 Å². The standard InChI is InChI=1S/C20H36N2/c1-5-9-12-18(17(10-6-2)11-7-3)13-14-20-21-16-15-19(8-4)22-20/h15-18H,5-14H2,1-4H3. The van der Waals surface area contributed by atoms with Gasteiger partial charge in [-0.25, -0.2) is 9.97 Å². The highest BCUT2D eigenvalue weighted by Gasteiger charge is 2.20. The van der Waals surface area contributed by atoms with Gasteiger partial charge in [0.2, 0.25) is 0 Å². The monoisotopic (exact) mass is 304 g/mol. The van der Waals surface area contributed by atoms with Gasteiger partial charge in [0.1, 0.15) is 5.82 Å². The first-order valence-corrected chi connectivity index (χ1v) is 9.55. The van der Waals surface area contributed by atoms with Crippen LogP contribution in [0.3, 0.4) is 0 Å². The van der Waals surface area contributed by atoms with E-state index in [1.807, 2.05) is 12.3 Å². The van der Waals surface area contributed by atoms with E-state index in [1.54, 1.807) is 0 Å². The Hall–Kier alpha value is -0.920. The number of hydrogen-bond acceptors (Lipinski definition) is 2. The summed E-state index contributed by atoms with van der Waals surface area (Å²) in [6.07, 6.45) is 14.7. The molecule has 0 N–H and O–H groups in total. The fraction of sp³-hybridized carbons (Fsp3) is 0.800. The fourth-order valence-corrected chi connectivity index (χ4v) is 3.51. The van der Waals surface area contributed by atoms with Gasteiger partial charge in [0.15, 0.2) is 0 Å². The summed E-state index contributed by atoms with van der Waals surface area (Å²) in [7, 11) is 0. The second kappa shape index (κ2) is 11.6. The Morgan fingerprint density at radius 3 is 2.14 bits per heavy atom. The summed E-state index contributed by atoms with van der Waals surface area (Å²) in [4.78, 5) is 9.16. The van der Waals surface area contributed by atoms with E-state index in [2.05, 4.69) is 37.7 Å². The lowest BCUT2D eigenvalue weighted by Crippen LogP contribution is -2.17. The Morgan fingerprint density at radius 2 is 1.55 bits per heavy atom. The van der Waals surface area contributed by atoms with Crippen LogP contribution in [0.4, 0.5) is 0 Å². The Balaban J connectivity index is 2.65. The van der Waals surface area contributed by atoms with E-state index in [1.165, 1.54) is 57.1 Å². The number of rotatable bonds is 12. The molecule has 0 aliphatic carbocycles. The summed E-state index contributed by atoms with van der Waals surface area (Å²) in [5, 5.41) is 0. The van der Waals surface area contributed by atoms with E-state index in [0.717, 1.165) is 30.5 Å². The molecule has 0 aliphatic heterocycles. The van der Waals surface area contributed by atoms with E-state index < -0.39 is 0 Å². The molecule has 22 heavy (non-hydrogen) atoms. The van der Waals surface area contributed by atoms with Crippen LogP contribution in [0.25, 0.3) is 0 Å². The van der Waals surface area contributed by atoms with Crippen LogP contribution in [0.1, 0.15) is 90.6 Å². The van der Waals surface area contributed by atoms with Crippen LogP contribution < -0.4 is 0 Å². The molecule has 1 aromatic heterocycles. The summed E-state index contributed by atoms with van der Waals surface area (Å²) < 4.78 is 0. The molecule has 1 rings (SSSR count). The number of nitrogens with zero attached hydrogens (tertiary/aromatic N) is 2. The molecule has 1 aromatic rings. The third kappa shape index (κ3) is 6.89. The minimum atomic E-state index is 0.855. The lowest BCUT2D eigenvalue weighted by Gasteiger charge is -2.27. The number of unbranched alkanes of at least 4 members (excludes halogenated alkanes) is 1. The van der Waals surface area contributed by atoms with Crippen LogP contribution in [-0.2, 0) is 12.8 Å². The Morgan fingerprint density at radius 1 is 0.864 bits per heavy atom. The topological polar surface area (TPSA) is 25.8 Å². The van der Waals surface area contributed by atoms with Gasteiger partial charge < -0.3 is 0 Å². The van der Waals surface area contributed by atoms with E-state index in [0.29, 0.717) is 0 Å². The predicted octanol–water partition coefficient (Wildman–Crippen LogP) is 5.99. The Kier molecular flexibility index (Phi) is 10.1. The van der Waals surface area contributed by atoms with E-state index >= 15 is 0 Å². The summed E-state index contributed by atoms with van der Waals surface area (Å²) in [6.45, 7) is 9.12. The zero-order valence-electron chi connectivity index (χ0n) is 15.3. The molecule has 0 amide bonds. The molecule has 0 radical (unpaired) electrons. The van der Waals surface area contributed by atoms with Crippen molar-refractivity contribution in [2.24, 2.45) is 11.8 Å². The van der Waals surface area contributed by atoms with Gasteiger partial charge in [0, 0.05) is 18.3 Å². The van der Waals surface area contributed by atoms with Gasteiger partial charge in [0.05, 0.1) is 0 Å². The Bertz CT molecular complexity index is 383.